The first kappa shape index (κ1) is 5.96. The fraction of sp³-hybridized carbons (Fsp3) is 0. The minimum absolute atomic E-state index is 0.481. The Hall–Kier alpha value is -1.78. The molecule has 2 rings (SSSR count). The van der Waals surface area contributed by atoms with Gasteiger partial charge >= 0.3 is 6.41 Å². The third kappa shape index (κ3) is 0.778. The Balaban J connectivity index is 2.86. The Labute approximate surface area is 61.7 Å². The smallest absolute Gasteiger partial charge is 0.262 e. The molecule has 2 aromatic rings. The molecule has 0 aliphatic rings. The zero-order valence-corrected chi connectivity index (χ0v) is 5.43. The molecule has 0 aliphatic heterocycles. The van der Waals surface area contributed by atoms with Crippen molar-refractivity contribution in [2.45, 2.75) is 0 Å². The van der Waals surface area contributed by atoms with Gasteiger partial charge in [0.25, 0.3) is 0 Å². The van der Waals surface area contributed by atoms with Crippen molar-refractivity contribution in [1.82, 2.24) is 19.5 Å². The molecule has 0 aromatic carbocycles. The van der Waals surface area contributed by atoms with Gasteiger partial charge in [0, 0.05) is 0 Å². The van der Waals surface area contributed by atoms with Crippen molar-refractivity contribution in [2.75, 3.05) is 0 Å². The van der Waals surface area contributed by atoms with Crippen LogP contribution in [-0.4, -0.2) is 25.9 Å². The van der Waals surface area contributed by atoms with E-state index in [0.717, 1.165) is 0 Å². The topological polar surface area (TPSA) is 60.7 Å². The fourth-order valence-corrected chi connectivity index (χ4v) is 0.834. The van der Waals surface area contributed by atoms with Crippen molar-refractivity contribution in [2.24, 2.45) is 0 Å². The lowest BCUT2D eigenvalue weighted by Crippen LogP contribution is -1.93. The van der Waals surface area contributed by atoms with Crippen molar-refractivity contribution >= 4 is 17.6 Å². The second kappa shape index (κ2) is 2.12. The maximum absolute atomic E-state index is 10.2. The molecule has 0 spiro atoms. The molecule has 53 valence electrons. The van der Waals surface area contributed by atoms with Crippen LogP contribution in [0, 0.1) is 0 Å². The van der Waals surface area contributed by atoms with Crippen LogP contribution in [0.4, 0.5) is 0 Å². The summed E-state index contributed by atoms with van der Waals surface area (Å²) >= 11 is 0. The minimum atomic E-state index is 0.481. The van der Waals surface area contributed by atoms with Crippen molar-refractivity contribution in [3.63, 3.8) is 0 Å². The van der Waals surface area contributed by atoms with Crippen LogP contribution >= 0.6 is 0 Å². The lowest BCUT2D eigenvalue weighted by molar-refractivity contribution is 0.548. The summed E-state index contributed by atoms with van der Waals surface area (Å²) in [6.45, 7) is 0. The summed E-state index contributed by atoms with van der Waals surface area (Å²) in [6, 6.07) is 0. The lowest BCUT2D eigenvalue weighted by atomic mass is 10.6. The summed E-state index contributed by atoms with van der Waals surface area (Å²) in [5.74, 6) is 0. The maximum Gasteiger partial charge on any atom is 0.323 e. The van der Waals surface area contributed by atoms with Gasteiger partial charge in [0.05, 0.1) is 6.20 Å². The third-order valence-corrected chi connectivity index (χ3v) is 1.31. The average molecular weight is 147 g/mol. The largest absolute Gasteiger partial charge is 0.323 e. The molecule has 5 nitrogen and oxygen atoms in total. The highest BCUT2D eigenvalue weighted by Gasteiger charge is 2.00. The monoisotopic (exact) mass is 147 g/mol. The van der Waals surface area contributed by atoms with E-state index < -0.39 is 0 Å². The number of carbonyl (C=O) groups excluding carboxylic acids is 1. The van der Waals surface area contributed by atoms with Crippen molar-refractivity contribution in [3.8, 4) is 0 Å². The highest BCUT2D eigenvalue weighted by atomic mass is 16.1. The summed E-state index contributed by atoms with van der Waals surface area (Å²) in [5, 5.41) is 0. The van der Waals surface area contributed by atoms with Gasteiger partial charge in [0.1, 0.15) is 18.2 Å². The van der Waals surface area contributed by atoms with Crippen molar-refractivity contribution in [1.29, 1.82) is 0 Å². The van der Waals surface area contributed by atoms with E-state index in [9.17, 15) is 4.79 Å². The number of nitrogens with zero attached hydrogens (tertiary/aromatic N) is 4. The molecule has 0 amide bonds. The van der Waals surface area contributed by atoms with Crippen molar-refractivity contribution in [3.05, 3.63) is 18.9 Å². The maximum atomic E-state index is 10.2. The van der Waals surface area contributed by atoms with Gasteiger partial charge in [-0.15, -0.1) is 0 Å². The number of aromatic nitrogens is 4. The van der Waals surface area contributed by atoms with Crippen LogP contribution in [0.5, 0.6) is 0 Å². The molecule has 5 heteroatoms. The number of imidazole rings is 1. The van der Waals surface area contributed by atoms with E-state index in [1.807, 2.05) is 0 Å². The van der Waals surface area contributed by atoms with Gasteiger partial charge in [-0.2, -0.15) is 0 Å². The van der Waals surface area contributed by atoms with Crippen LogP contribution in [0.25, 0.3) is 11.2 Å². The van der Waals surface area contributed by atoms with Gasteiger partial charge in [0.15, 0.2) is 5.65 Å². The molecule has 0 fully saturated rings. The number of hydrogen-bond acceptors (Lipinski definition) is 4. The molecule has 0 unspecified atom stereocenters. The summed E-state index contributed by atoms with van der Waals surface area (Å²) < 4.78 is 1.18. The molecule has 0 atom stereocenters. The normalized spacial score (nSPS) is 10.2. The standard InChI is InChI=1S/C6H3N4O/c11-4-10-3-9-5-1-7-2-8-6(5)10/h1-3H. The Bertz CT molecular complexity index is 394. The first-order valence-electron chi connectivity index (χ1n) is 2.93. The summed E-state index contributed by atoms with van der Waals surface area (Å²) in [7, 11) is 0. The molecule has 1 radical (unpaired) electrons. The van der Waals surface area contributed by atoms with E-state index in [2.05, 4.69) is 15.0 Å². The Kier molecular flexibility index (Phi) is 1.15. The van der Waals surface area contributed by atoms with E-state index in [1.165, 1.54) is 23.4 Å². The quantitative estimate of drug-likeness (QED) is 0.557. The van der Waals surface area contributed by atoms with Gasteiger partial charge in [-0.1, -0.05) is 0 Å². The first-order chi connectivity index (χ1) is 5.42. The van der Waals surface area contributed by atoms with E-state index >= 15 is 0 Å². The van der Waals surface area contributed by atoms with Gasteiger partial charge in [-0.3, -0.25) is 4.79 Å². The number of rotatable bonds is 1. The lowest BCUT2D eigenvalue weighted by Gasteiger charge is -1.86. The van der Waals surface area contributed by atoms with E-state index in [1.54, 1.807) is 6.41 Å². The second-order valence-electron chi connectivity index (χ2n) is 1.94. The fourth-order valence-electron chi connectivity index (χ4n) is 0.834. The molecule has 0 saturated heterocycles. The SMILES string of the molecule is O=[C]n1cnc2cncnc21. The van der Waals surface area contributed by atoms with Crippen LogP contribution in [0.15, 0.2) is 18.9 Å². The van der Waals surface area contributed by atoms with Gasteiger partial charge in [-0.05, 0) is 0 Å². The molecule has 2 heterocycles. The van der Waals surface area contributed by atoms with Crippen LogP contribution < -0.4 is 0 Å². The average Bonchev–Trinajstić information content (AvgIpc) is 2.47. The zero-order valence-electron chi connectivity index (χ0n) is 5.43. The predicted molar refractivity (Wildman–Crippen MR) is 36.4 cm³/mol. The first-order valence-corrected chi connectivity index (χ1v) is 2.93. The number of hydrogen-bond donors (Lipinski definition) is 0. The number of fused-ring (bicyclic) bond motifs is 1. The van der Waals surface area contributed by atoms with Gasteiger partial charge in [0.2, 0.25) is 0 Å². The highest BCUT2D eigenvalue weighted by Crippen LogP contribution is 2.03. The Morgan fingerprint density at radius 3 is 3.18 bits per heavy atom. The molecule has 0 N–H and O–H groups in total. The van der Waals surface area contributed by atoms with Crippen molar-refractivity contribution < 1.29 is 4.79 Å². The van der Waals surface area contributed by atoms with E-state index in [4.69, 9.17) is 0 Å². The third-order valence-electron chi connectivity index (χ3n) is 1.31. The molecule has 2 aromatic heterocycles. The van der Waals surface area contributed by atoms with Crippen LogP contribution in [0.2, 0.25) is 0 Å². The minimum Gasteiger partial charge on any atom is -0.262 e. The van der Waals surface area contributed by atoms with E-state index in [-0.39, 0.29) is 0 Å². The Morgan fingerprint density at radius 2 is 2.36 bits per heavy atom. The highest BCUT2D eigenvalue weighted by molar-refractivity contribution is 5.76. The van der Waals surface area contributed by atoms with Crippen LogP contribution in [0.1, 0.15) is 0 Å². The molecule has 11 heavy (non-hydrogen) atoms. The molecular formula is C6H3N4O. The zero-order chi connectivity index (χ0) is 7.68. The Morgan fingerprint density at radius 1 is 1.45 bits per heavy atom. The predicted octanol–water partition coefficient (Wildman–Crippen LogP) is -0.258. The summed E-state index contributed by atoms with van der Waals surface area (Å²) in [5.41, 5.74) is 1.07. The second-order valence-corrected chi connectivity index (χ2v) is 1.94. The van der Waals surface area contributed by atoms with Crippen LogP contribution in [0.3, 0.4) is 0 Å². The summed E-state index contributed by atoms with van der Waals surface area (Å²) in [6.07, 6.45) is 5.91. The van der Waals surface area contributed by atoms with Gasteiger partial charge in [-0.25, -0.2) is 19.5 Å². The molecule has 0 saturated carbocycles. The van der Waals surface area contributed by atoms with E-state index in [0.29, 0.717) is 11.2 Å². The summed E-state index contributed by atoms with van der Waals surface area (Å²) in [4.78, 5) is 21.7. The molecule has 0 aliphatic carbocycles. The van der Waals surface area contributed by atoms with Crippen LogP contribution in [-0.2, 0) is 4.79 Å². The molecule has 0 bridgehead atoms. The van der Waals surface area contributed by atoms with Gasteiger partial charge < -0.3 is 0 Å². The molecular weight excluding hydrogens is 144 g/mol.